The van der Waals surface area contributed by atoms with Gasteiger partial charge in [-0.05, 0) is 26.0 Å². The lowest BCUT2D eigenvalue weighted by Crippen LogP contribution is -2.07. The molecule has 0 radical (unpaired) electrons. The average Bonchev–Trinajstić information content (AvgIpc) is 2.54. The Morgan fingerprint density at radius 3 is 2.73 bits per heavy atom. The van der Waals surface area contributed by atoms with Gasteiger partial charge in [-0.1, -0.05) is 30.3 Å². The molecule has 0 fully saturated rings. The van der Waals surface area contributed by atoms with E-state index in [1.54, 1.807) is 12.3 Å². The quantitative estimate of drug-likeness (QED) is 0.732. The molecule has 0 N–H and O–H groups in total. The molecule has 108 valence electrons. The zero-order valence-electron chi connectivity index (χ0n) is 12.4. The van der Waals surface area contributed by atoms with Crippen LogP contribution in [0.1, 0.15) is 19.4 Å². The minimum Gasteiger partial charge on any atom is -0.490 e. The van der Waals surface area contributed by atoms with E-state index < -0.39 is 0 Å². The van der Waals surface area contributed by atoms with Gasteiger partial charge in [0.25, 0.3) is 0 Å². The number of fused-ring (bicyclic) bond motifs is 1. The summed E-state index contributed by atoms with van der Waals surface area (Å²) in [5, 5.41) is 19.6. The van der Waals surface area contributed by atoms with Crippen molar-refractivity contribution in [1.82, 2.24) is 10.2 Å². The Kier molecular flexibility index (Phi) is 3.71. The molecule has 2 aromatic carbocycles. The largest absolute Gasteiger partial charge is 0.490 e. The van der Waals surface area contributed by atoms with Crippen LogP contribution in [0.25, 0.3) is 22.0 Å². The van der Waals surface area contributed by atoms with E-state index in [-0.39, 0.29) is 6.10 Å². The molecule has 0 aliphatic rings. The molecule has 0 bridgehead atoms. The van der Waals surface area contributed by atoms with Crippen LogP contribution in [0.3, 0.4) is 0 Å². The number of hydrogen-bond donors (Lipinski definition) is 0. The summed E-state index contributed by atoms with van der Waals surface area (Å²) >= 11 is 0. The van der Waals surface area contributed by atoms with E-state index >= 15 is 0 Å². The van der Waals surface area contributed by atoms with Crippen LogP contribution in [-0.4, -0.2) is 16.3 Å². The second-order valence-corrected chi connectivity index (χ2v) is 5.27. The molecule has 22 heavy (non-hydrogen) atoms. The standard InChI is InChI=1S/C18H15N3O/c1-12(2)22-17-9-13(7-8-14(17)10-19)18-16-6-4-3-5-15(16)11-20-21-18/h3-9,11-12H,1-2H3. The Morgan fingerprint density at radius 1 is 1.14 bits per heavy atom. The summed E-state index contributed by atoms with van der Waals surface area (Å²) in [5.41, 5.74) is 2.20. The van der Waals surface area contributed by atoms with E-state index in [0.29, 0.717) is 11.3 Å². The van der Waals surface area contributed by atoms with Crippen molar-refractivity contribution in [3.63, 3.8) is 0 Å². The van der Waals surface area contributed by atoms with E-state index in [1.165, 1.54) is 0 Å². The maximum atomic E-state index is 9.21. The molecule has 1 aromatic heterocycles. The summed E-state index contributed by atoms with van der Waals surface area (Å²) in [6.07, 6.45) is 1.74. The third-order valence-electron chi connectivity index (χ3n) is 3.31. The van der Waals surface area contributed by atoms with Crippen molar-refractivity contribution in [2.75, 3.05) is 0 Å². The average molecular weight is 289 g/mol. The smallest absolute Gasteiger partial charge is 0.138 e. The van der Waals surface area contributed by atoms with Crippen LogP contribution in [0.2, 0.25) is 0 Å². The van der Waals surface area contributed by atoms with Crippen molar-refractivity contribution < 1.29 is 4.74 Å². The number of nitriles is 1. The van der Waals surface area contributed by atoms with Crippen molar-refractivity contribution in [1.29, 1.82) is 5.26 Å². The molecule has 4 nitrogen and oxygen atoms in total. The molecule has 4 heteroatoms. The van der Waals surface area contributed by atoms with Gasteiger partial charge in [0.2, 0.25) is 0 Å². The molecule has 0 saturated carbocycles. The summed E-state index contributed by atoms with van der Waals surface area (Å²) < 4.78 is 5.74. The molecule has 0 amide bonds. The van der Waals surface area contributed by atoms with Crippen LogP contribution in [0, 0.1) is 11.3 Å². The molecule has 0 aliphatic heterocycles. The highest BCUT2D eigenvalue weighted by Gasteiger charge is 2.11. The third-order valence-corrected chi connectivity index (χ3v) is 3.31. The van der Waals surface area contributed by atoms with E-state index in [0.717, 1.165) is 22.0 Å². The normalized spacial score (nSPS) is 10.6. The topological polar surface area (TPSA) is 58.8 Å². The van der Waals surface area contributed by atoms with Crippen molar-refractivity contribution in [3.8, 4) is 23.1 Å². The lowest BCUT2D eigenvalue weighted by atomic mass is 10.0. The molecule has 0 atom stereocenters. The van der Waals surface area contributed by atoms with Crippen LogP contribution < -0.4 is 4.74 Å². The van der Waals surface area contributed by atoms with E-state index in [4.69, 9.17) is 4.74 Å². The van der Waals surface area contributed by atoms with Gasteiger partial charge in [0.15, 0.2) is 0 Å². The number of nitrogens with zero attached hydrogens (tertiary/aromatic N) is 3. The van der Waals surface area contributed by atoms with E-state index in [9.17, 15) is 5.26 Å². The molecular weight excluding hydrogens is 274 g/mol. The predicted molar refractivity (Wildman–Crippen MR) is 85.5 cm³/mol. The van der Waals surface area contributed by atoms with Crippen LogP contribution in [0.4, 0.5) is 0 Å². The summed E-state index contributed by atoms with van der Waals surface area (Å²) in [5.74, 6) is 0.574. The van der Waals surface area contributed by atoms with Gasteiger partial charge < -0.3 is 4.74 Å². The molecular formula is C18H15N3O. The first kappa shape index (κ1) is 14.0. The second kappa shape index (κ2) is 5.82. The van der Waals surface area contributed by atoms with Crippen molar-refractivity contribution >= 4 is 10.8 Å². The molecule has 3 aromatic rings. The van der Waals surface area contributed by atoms with Crippen LogP contribution in [0.15, 0.2) is 48.7 Å². The highest BCUT2D eigenvalue weighted by Crippen LogP contribution is 2.30. The van der Waals surface area contributed by atoms with Crippen LogP contribution >= 0.6 is 0 Å². The molecule has 0 saturated heterocycles. The Hall–Kier alpha value is -2.93. The second-order valence-electron chi connectivity index (χ2n) is 5.27. The van der Waals surface area contributed by atoms with Gasteiger partial charge >= 0.3 is 0 Å². The number of hydrogen-bond acceptors (Lipinski definition) is 4. The number of aromatic nitrogens is 2. The fraction of sp³-hybridized carbons (Fsp3) is 0.167. The van der Waals surface area contributed by atoms with Crippen molar-refractivity contribution in [3.05, 3.63) is 54.2 Å². The number of benzene rings is 2. The first-order valence-electron chi connectivity index (χ1n) is 7.10. The molecule has 0 aliphatic carbocycles. The third kappa shape index (κ3) is 2.61. The van der Waals surface area contributed by atoms with E-state index in [2.05, 4.69) is 16.3 Å². The maximum Gasteiger partial charge on any atom is 0.138 e. The Labute approximate surface area is 129 Å². The van der Waals surface area contributed by atoms with E-state index in [1.807, 2.05) is 50.2 Å². The lowest BCUT2D eigenvalue weighted by Gasteiger charge is -2.13. The Bertz CT molecular complexity index is 860. The fourth-order valence-electron chi connectivity index (χ4n) is 2.35. The Morgan fingerprint density at radius 2 is 1.95 bits per heavy atom. The lowest BCUT2D eigenvalue weighted by molar-refractivity contribution is 0.242. The summed E-state index contributed by atoms with van der Waals surface area (Å²) in [7, 11) is 0. The first-order chi connectivity index (χ1) is 10.7. The minimum absolute atomic E-state index is 0.000881. The van der Waals surface area contributed by atoms with Gasteiger partial charge in [-0.3, -0.25) is 0 Å². The minimum atomic E-state index is 0.000881. The van der Waals surface area contributed by atoms with Gasteiger partial charge in [0.1, 0.15) is 17.5 Å². The van der Waals surface area contributed by atoms with Gasteiger partial charge in [-0.2, -0.15) is 10.4 Å². The van der Waals surface area contributed by atoms with Crippen LogP contribution in [0.5, 0.6) is 5.75 Å². The van der Waals surface area contributed by atoms with Gasteiger partial charge in [0, 0.05) is 16.3 Å². The first-order valence-corrected chi connectivity index (χ1v) is 7.10. The zero-order chi connectivity index (χ0) is 15.5. The maximum absolute atomic E-state index is 9.21. The Balaban J connectivity index is 2.17. The highest BCUT2D eigenvalue weighted by molar-refractivity contribution is 5.94. The number of ether oxygens (including phenoxy) is 1. The summed E-state index contributed by atoms with van der Waals surface area (Å²) in [6.45, 7) is 3.87. The molecule has 1 heterocycles. The highest BCUT2D eigenvalue weighted by atomic mass is 16.5. The molecule has 0 unspecified atom stereocenters. The van der Waals surface area contributed by atoms with Gasteiger partial charge in [-0.25, -0.2) is 0 Å². The summed E-state index contributed by atoms with van der Waals surface area (Å²) in [4.78, 5) is 0. The SMILES string of the molecule is CC(C)Oc1cc(-c2nncc3ccccc23)ccc1C#N. The van der Waals surface area contributed by atoms with Crippen LogP contribution in [-0.2, 0) is 0 Å². The fourth-order valence-corrected chi connectivity index (χ4v) is 2.35. The van der Waals surface area contributed by atoms with Gasteiger partial charge in [0.05, 0.1) is 17.9 Å². The molecule has 3 rings (SSSR count). The predicted octanol–water partition coefficient (Wildman–Crippen LogP) is 3.96. The zero-order valence-corrected chi connectivity index (χ0v) is 12.4. The van der Waals surface area contributed by atoms with Crippen molar-refractivity contribution in [2.45, 2.75) is 20.0 Å². The van der Waals surface area contributed by atoms with Crippen molar-refractivity contribution in [2.24, 2.45) is 0 Å². The summed E-state index contributed by atoms with van der Waals surface area (Å²) in [6, 6.07) is 15.6. The number of rotatable bonds is 3. The monoisotopic (exact) mass is 289 g/mol. The molecule has 0 spiro atoms. The van der Waals surface area contributed by atoms with Gasteiger partial charge in [-0.15, -0.1) is 5.10 Å².